The van der Waals surface area contributed by atoms with Crippen LogP contribution in [0.2, 0.25) is 5.02 Å². The lowest BCUT2D eigenvalue weighted by molar-refractivity contribution is -0.139. The van der Waals surface area contributed by atoms with Crippen LogP contribution < -0.4 is 9.62 Å². The van der Waals surface area contributed by atoms with Crippen molar-refractivity contribution in [1.29, 1.82) is 0 Å². The van der Waals surface area contributed by atoms with Crippen molar-refractivity contribution in [2.75, 3.05) is 10.8 Å². The van der Waals surface area contributed by atoms with E-state index in [1.165, 1.54) is 23.1 Å². The van der Waals surface area contributed by atoms with Gasteiger partial charge in [-0.05, 0) is 75.6 Å². The molecule has 0 heterocycles. The van der Waals surface area contributed by atoms with E-state index >= 15 is 0 Å². The van der Waals surface area contributed by atoms with E-state index in [1.54, 1.807) is 62.4 Å². The van der Waals surface area contributed by atoms with Crippen molar-refractivity contribution in [1.82, 2.24) is 10.2 Å². The highest BCUT2D eigenvalue weighted by molar-refractivity contribution is 7.92. The van der Waals surface area contributed by atoms with Gasteiger partial charge in [0.05, 0.1) is 10.6 Å². The second kappa shape index (κ2) is 13.0. The molecule has 7 nitrogen and oxygen atoms in total. The van der Waals surface area contributed by atoms with E-state index in [0.29, 0.717) is 10.6 Å². The first kappa shape index (κ1) is 30.5. The Morgan fingerprint density at radius 3 is 2.32 bits per heavy atom. The molecule has 41 heavy (non-hydrogen) atoms. The van der Waals surface area contributed by atoms with Crippen molar-refractivity contribution < 1.29 is 22.4 Å². The predicted molar refractivity (Wildman–Crippen MR) is 159 cm³/mol. The highest BCUT2D eigenvalue weighted by atomic mass is 35.5. The Kier molecular flexibility index (Phi) is 9.71. The number of carbonyl (C=O) groups is 2. The van der Waals surface area contributed by atoms with Crippen molar-refractivity contribution in [3.05, 3.63) is 94.3 Å². The van der Waals surface area contributed by atoms with Crippen molar-refractivity contribution in [3.63, 3.8) is 0 Å². The van der Waals surface area contributed by atoms with Crippen LogP contribution in [0.3, 0.4) is 0 Å². The zero-order valence-electron chi connectivity index (χ0n) is 23.4. The number of nitrogens with zero attached hydrogens (tertiary/aromatic N) is 2. The van der Waals surface area contributed by atoms with Crippen molar-refractivity contribution >= 4 is 39.1 Å². The first-order valence-corrected chi connectivity index (χ1v) is 15.5. The van der Waals surface area contributed by atoms with E-state index in [2.05, 4.69) is 5.32 Å². The van der Waals surface area contributed by atoms with Crippen LogP contribution in [0.1, 0.15) is 49.3 Å². The average molecular weight is 600 g/mol. The molecule has 4 rings (SSSR count). The first-order valence-electron chi connectivity index (χ1n) is 13.7. The Labute approximate surface area is 246 Å². The zero-order chi connectivity index (χ0) is 29.7. The molecule has 0 saturated heterocycles. The van der Waals surface area contributed by atoms with Crippen molar-refractivity contribution in [3.8, 4) is 0 Å². The largest absolute Gasteiger partial charge is 0.352 e. The molecule has 3 aromatic carbocycles. The Bertz CT molecular complexity index is 1510. The number of aryl methyl sites for hydroxylation is 2. The molecular formula is C31H35ClFN3O4S. The molecule has 218 valence electrons. The van der Waals surface area contributed by atoms with E-state index in [-0.39, 0.29) is 34.6 Å². The van der Waals surface area contributed by atoms with Crippen LogP contribution in [0.15, 0.2) is 71.6 Å². The van der Waals surface area contributed by atoms with Crippen LogP contribution in [0.25, 0.3) is 0 Å². The van der Waals surface area contributed by atoms with Gasteiger partial charge in [0, 0.05) is 23.2 Å². The number of hydrogen-bond donors (Lipinski definition) is 1. The van der Waals surface area contributed by atoms with Gasteiger partial charge in [-0.3, -0.25) is 13.9 Å². The number of nitrogens with one attached hydrogen (secondary N) is 1. The SMILES string of the molecule is Cc1ccc(S(=O)(=O)N(CC(=O)N(Cc2ccccc2F)C(C)C(=O)NC2CCCC2)c2ccc(Cl)cc2C)cc1. The number of hydrogen-bond acceptors (Lipinski definition) is 4. The standard InChI is InChI=1S/C31H35ClFN3O4S/c1-21-12-15-27(16-13-21)41(39,40)36(29-17-14-25(32)18-22(29)2)20-30(37)35(19-24-8-4-7-11-28(24)33)23(3)31(38)34-26-9-5-6-10-26/h4,7-8,11-18,23,26H,5-6,9-10,19-20H2,1-3H3,(H,34,38). The van der Waals surface area contributed by atoms with E-state index in [1.807, 2.05) is 6.92 Å². The Morgan fingerprint density at radius 2 is 1.68 bits per heavy atom. The smallest absolute Gasteiger partial charge is 0.264 e. The second-order valence-corrected chi connectivity index (χ2v) is 12.8. The molecule has 0 radical (unpaired) electrons. The molecule has 1 fully saturated rings. The average Bonchev–Trinajstić information content (AvgIpc) is 3.44. The molecule has 1 N–H and O–H groups in total. The summed E-state index contributed by atoms with van der Waals surface area (Å²) in [6.07, 6.45) is 3.75. The van der Waals surface area contributed by atoms with Gasteiger partial charge < -0.3 is 10.2 Å². The van der Waals surface area contributed by atoms with Gasteiger partial charge in [-0.15, -0.1) is 0 Å². The van der Waals surface area contributed by atoms with Crippen LogP contribution in [0.4, 0.5) is 10.1 Å². The summed E-state index contributed by atoms with van der Waals surface area (Å²) < 4.78 is 43.7. The fraction of sp³-hybridized carbons (Fsp3) is 0.355. The van der Waals surface area contributed by atoms with E-state index in [9.17, 15) is 22.4 Å². The normalized spacial score (nSPS) is 14.5. The molecule has 0 bridgehead atoms. The highest BCUT2D eigenvalue weighted by Gasteiger charge is 2.34. The third kappa shape index (κ3) is 7.26. The Morgan fingerprint density at radius 1 is 1.02 bits per heavy atom. The first-order chi connectivity index (χ1) is 19.5. The molecule has 0 aromatic heterocycles. The van der Waals surface area contributed by atoms with Crippen LogP contribution in [-0.2, 0) is 26.2 Å². The maximum Gasteiger partial charge on any atom is 0.264 e. The Hall–Kier alpha value is -3.43. The third-order valence-corrected chi connectivity index (χ3v) is 9.49. The molecule has 3 aromatic rings. The van der Waals surface area contributed by atoms with Gasteiger partial charge in [-0.2, -0.15) is 0 Å². The summed E-state index contributed by atoms with van der Waals surface area (Å²) in [5, 5.41) is 3.42. The minimum Gasteiger partial charge on any atom is -0.352 e. The summed E-state index contributed by atoms with van der Waals surface area (Å²) in [5.41, 5.74) is 1.93. The van der Waals surface area contributed by atoms with Gasteiger partial charge >= 0.3 is 0 Å². The third-order valence-electron chi connectivity index (χ3n) is 7.48. The van der Waals surface area contributed by atoms with E-state index in [0.717, 1.165) is 35.6 Å². The molecule has 1 unspecified atom stereocenters. The molecule has 0 aliphatic heterocycles. The molecule has 1 saturated carbocycles. The fourth-order valence-electron chi connectivity index (χ4n) is 5.03. The number of amides is 2. The lowest BCUT2D eigenvalue weighted by atomic mass is 10.1. The van der Waals surface area contributed by atoms with Crippen LogP contribution >= 0.6 is 11.6 Å². The Balaban J connectivity index is 1.72. The lowest BCUT2D eigenvalue weighted by Crippen LogP contribution is -2.52. The predicted octanol–water partition coefficient (Wildman–Crippen LogP) is 5.77. The molecule has 1 aliphatic carbocycles. The van der Waals surface area contributed by atoms with Gasteiger partial charge in [-0.1, -0.05) is 60.3 Å². The number of rotatable bonds is 10. The maximum atomic E-state index is 14.7. The highest BCUT2D eigenvalue weighted by Crippen LogP contribution is 2.30. The molecule has 1 aliphatic rings. The monoisotopic (exact) mass is 599 g/mol. The topological polar surface area (TPSA) is 86.8 Å². The van der Waals surface area contributed by atoms with Crippen LogP contribution in [-0.4, -0.2) is 43.8 Å². The molecular weight excluding hydrogens is 565 g/mol. The van der Waals surface area contributed by atoms with E-state index in [4.69, 9.17) is 11.6 Å². The minimum absolute atomic E-state index is 0.0120. The quantitative estimate of drug-likeness (QED) is 0.321. The number of sulfonamides is 1. The lowest BCUT2D eigenvalue weighted by Gasteiger charge is -2.33. The number of benzene rings is 3. The van der Waals surface area contributed by atoms with Gasteiger partial charge in [-0.25, -0.2) is 12.8 Å². The van der Waals surface area contributed by atoms with Crippen LogP contribution in [0.5, 0.6) is 0 Å². The summed E-state index contributed by atoms with van der Waals surface area (Å²) in [6.45, 7) is 4.32. The van der Waals surface area contributed by atoms with E-state index < -0.39 is 34.3 Å². The van der Waals surface area contributed by atoms with Crippen LogP contribution in [0, 0.1) is 19.7 Å². The summed E-state index contributed by atoms with van der Waals surface area (Å²) >= 11 is 6.15. The summed E-state index contributed by atoms with van der Waals surface area (Å²) in [4.78, 5) is 28.6. The van der Waals surface area contributed by atoms with Crippen molar-refractivity contribution in [2.24, 2.45) is 0 Å². The maximum absolute atomic E-state index is 14.7. The number of carbonyl (C=O) groups excluding carboxylic acids is 2. The fourth-order valence-corrected chi connectivity index (χ4v) is 6.74. The van der Waals surface area contributed by atoms with Gasteiger partial charge in [0.2, 0.25) is 11.8 Å². The molecule has 10 heteroatoms. The van der Waals surface area contributed by atoms with Gasteiger partial charge in [0.1, 0.15) is 18.4 Å². The van der Waals surface area contributed by atoms with Gasteiger partial charge in [0.15, 0.2) is 0 Å². The summed E-state index contributed by atoms with van der Waals surface area (Å²) in [7, 11) is -4.21. The number of halogens is 2. The molecule has 1 atom stereocenters. The van der Waals surface area contributed by atoms with Crippen molar-refractivity contribution in [2.45, 2.75) is 70.0 Å². The summed E-state index contributed by atoms with van der Waals surface area (Å²) in [5.74, 6) is -1.53. The molecule has 0 spiro atoms. The zero-order valence-corrected chi connectivity index (χ0v) is 25.0. The minimum atomic E-state index is -4.21. The van der Waals surface area contributed by atoms with Gasteiger partial charge in [0.25, 0.3) is 10.0 Å². The molecule has 2 amide bonds. The second-order valence-electron chi connectivity index (χ2n) is 10.5. The summed E-state index contributed by atoms with van der Waals surface area (Å²) in [6, 6.07) is 16.1. The number of anilines is 1.